The van der Waals surface area contributed by atoms with Crippen molar-refractivity contribution in [2.75, 3.05) is 6.26 Å². The molecule has 0 fully saturated rings. The fraction of sp³-hybridized carbons (Fsp3) is 0.111. The number of hydrogen-bond donors (Lipinski definition) is 0. The summed E-state index contributed by atoms with van der Waals surface area (Å²) in [5.41, 5.74) is 2.18. The van der Waals surface area contributed by atoms with Crippen LogP contribution in [0.3, 0.4) is 0 Å². The summed E-state index contributed by atoms with van der Waals surface area (Å²) in [5.74, 6) is -0.0718. The average molecular weight is 296 g/mol. The standard InChI is InChI=1S/C18H16O2S/c1-13(19)15-6-8-16(9-7-15)18(20)12-5-14-3-10-17(21-2)11-4-14/h3-12H,1-2H3. The highest BCUT2D eigenvalue weighted by Gasteiger charge is 2.03. The molecule has 2 aromatic rings. The number of Topliss-reactive ketones (excluding diaryl/α,β-unsaturated/α-hetero) is 1. The van der Waals surface area contributed by atoms with E-state index in [-0.39, 0.29) is 11.6 Å². The van der Waals surface area contributed by atoms with Gasteiger partial charge in [0.1, 0.15) is 0 Å². The molecule has 2 nitrogen and oxygen atoms in total. The third-order valence-corrected chi connectivity index (χ3v) is 3.86. The van der Waals surface area contributed by atoms with Gasteiger partial charge in [0.15, 0.2) is 11.6 Å². The summed E-state index contributed by atoms with van der Waals surface area (Å²) in [6.45, 7) is 1.51. The molecule has 0 bridgehead atoms. The summed E-state index contributed by atoms with van der Waals surface area (Å²) in [4.78, 5) is 24.4. The number of rotatable bonds is 5. The summed E-state index contributed by atoms with van der Waals surface area (Å²) < 4.78 is 0. The van der Waals surface area contributed by atoms with Crippen molar-refractivity contribution in [1.82, 2.24) is 0 Å². The van der Waals surface area contributed by atoms with E-state index in [1.807, 2.05) is 30.5 Å². The van der Waals surface area contributed by atoms with Crippen molar-refractivity contribution < 1.29 is 9.59 Å². The monoisotopic (exact) mass is 296 g/mol. The zero-order valence-corrected chi connectivity index (χ0v) is 12.8. The van der Waals surface area contributed by atoms with E-state index in [1.54, 1.807) is 48.2 Å². The minimum atomic E-state index is -0.0703. The molecular weight excluding hydrogens is 280 g/mol. The molecule has 21 heavy (non-hydrogen) atoms. The van der Waals surface area contributed by atoms with Crippen molar-refractivity contribution in [3.8, 4) is 0 Å². The second-order valence-corrected chi connectivity index (χ2v) is 5.48. The summed E-state index contributed by atoms with van der Waals surface area (Å²) in [6.07, 6.45) is 5.38. The van der Waals surface area contributed by atoms with Gasteiger partial charge in [-0.05, 0) is 37.0 Å². The highest BCUT2D eigenvalue weighted by Crippen LogP contribution is 2.16. The molecule has 0 N–H and O–H groups in total. The summed E-state index contributed by atoms with van der Waals surface area (Å²) in [6, 6.07) is 14.7. The van der Waals surface area contributed by atoms with E-state index in [0.717, 1.165) is 5.56 Å². The maximum Gasteiger partial charge on any atom is 0.185 e. The number of carbonyl (C=O) groups excluding carboxylic acids is 2. The maximum atomic E-state index is 12.0. The first-order valence-corrected chi connectivity index (χ1v) is 7.80. The van der Waals surface area contributed by atoms with E-state index in [1.165, 1.54) is 11.8 Å². The van der Waals surface area contributed by atoms with Crippen LogP contribution in [0.15, 0.2) is 59.5 Å². The van der Waals surface area contributed by atoms with Crippen LogP contribution in [-0.4, -0.2) is 17.8 Å². The zero-order chi connectivity index (χ0) is 15.2. The van der Waals surface area contributed by atoms with Crippen LogP contribution in [-0.2, 0) is 0 Å². The lowest BCUT2D eigenvalue weighted by atomic mass is 10.1. The van der Waals surface area contributed by atoms with Gasteiger partial charge in [-0.2, -0.15) is 0 Å². The number of benzene rings is 2. The Morgan fingerprint density at radius 2 is 1.48 bits per heavy atom. The molecule has 0 unspecified atom stereocenters. The van der Waals surface area contributed by atoms with Gasteiger partial charge in [0.05, 0.1) is 0 Å². The SMILES string of the molecule is CSc1ccc(C=CC(=O)c2ccc(C(C)=O)cc2)cc1. The molecule has 0 radical (unpaired) electrons. The molecule has 0 aliphatic carbocycles. The first-order chi connectivity index (χ1) is 10.1. The third kappa shape index (κ3) is 4.17. The van der Waals surface area contributed by atoms with E-state index in [0.29, 0.717) is 11.1 Å². The van der Waals surface area contributed by atoms with Gasteiger partial charge in [-0.15, -0.1) is 11.8 Å². The van der Waals surface area contributed by atoms with Crippen molar-refractivity contribution in [1.29, 1.82) is 0 Å². The summed E-state index contributed by atoms with van der Waals surface area (Å²) >= 11 is 1.68. The van der Waals surface area contributed by atoms with Crippen molar-refractivity contribution in [2.45, 2.75) is 11.8 Å². The molecule has 0 saturated carbocycles. The molecule has 0 saturated heterocycles. The minimum absolute atomic E-state index is 0.00146. The zero-order valence-electron chi connectivity index (χ0n) is 12.0. The van der Waals surface area contributed by atoms with Gasteiger partial charge in [-0.1, -0.05) is 42.5 Å². The Morgan fingerprint density at radius 3 is 2.00 bits per heavy atom. The number of allylic oxidation sites excluding steroid dienone is 1. The van der Waals surface area contributed by atoms with E-state index >= 15 is 0 Å². The van der Waals surface area contributed by atoms with Crippen LogP contribution in [0, 0.1) is 0 Å². The Balaban J connectivity index is 2.09. The third-order valence-electron chi connectivity index (χ3n) is 3.12. The Labute approximate surface area is 128 Å². The summed E-state index contributed by atoms with van der Waals surface area (Å²) in [7, 11) is 0. The number of carbonyl (C=O) groups is 2. The van der Waals surface area contributed by atoms with Crippen LogP contribution >= 0.6 is 11.8 Å². The van der Waals surface area contributed by atoms with E-state index < -0.39 is 0 Å². The molecule has 0 atom stereocenters. The number of hydrogen-bond acceptors (Lipinski definition) is 3. The highest BCUT2D eigenvalue weighted by atomic mass is 32.2. The molecule has 0 amide bonds. The fourth-order valence-corrected chi connectivity index (χ4v) is 2.26. The van der Waals surface area contributed by atoms with Gasteiger partial charge >= 0.3 is 0 Å². The lowest BCUT2D eigenvalue weighted by molar-refractivity contribution is 0.101. The molecule has 0 heterocycles. The first kappa shape index (κ1) is 15.3. The molecule has 0 aromatic heterocycles. The first-order valence-electron chi connectivity index (χ1n) is 6.57. The van der Waals surface area contributed by atoms with E-state index in [2.05, 4.69) is 0 Å². The van der Waals surface area contributed by atoms with Gasteiger partial charge in [-0.25, -0.2) is 0 Å². The molecule has 3 heteroatoms. The van der Waals surface area contributed by atoms with Crippen molar-refractivity contribution in [3.05, 3.63) is 71.3 Å². The minimum Gasteiger partial charge on any atom is -0.295 e. The van der Waals surface area contributed by atoms with Gasteiger partial charge in [0.25, 0.3) is 0 Å². The van der Waals surface area contributed by atoms with Gasteiger partial charge < -0.3 is 0 Å². The predicted octanol–water partition coefficient (Wildman–Crippen LogP) is 4.51. The second-order valence-electron chi connectivity index (χ2n) is 4.60. The molecule has 0 spiro atoms. The Bertz CT molecular complexity index is 667. The van der Waals surface area contributed by atoms with Gasteiger partial charge in [0, 0.05) is 16.0 Å². The highest BCUT2D eigenvalue weighted by molar-refractivity contribution is 7.98. The number of ketones is 2. The summed E-state index contributed by atoms with van der Waals surface area (Å²) in [5, 5.41) is 0. The molecular formula is C18H16O2S. The van der Waals surface area contributed by atoms with Crippen LogP contribution in [0.1, 0.15) is 33.2 Å². The maximum absolute atomic E-state index is 12.0. The van der Waals surface area contributed by atoms with Gasteiger partial charge in [0.2, 0.25) is 0 Å². The van der Waals surface area contributed by atoms with Crippen molar-refractivity contribution >= 4 is 29.4 Å². The van der Waals surface area contributed by atoms with E-state index in [4.69, 9.17) is 0 Å². The van der Waals surface area contributed by atoms with Crippen LogP contribution in [0.5, 0.6) is 0 Å². The molecule has 0 aliphatic heterocycles. The van der Waals surface area contributed by atoms with Crippen molar-refractivity contribution in [2.24, 2.45) is 0 Å². The normalized spacial score (nSPS) is 10.8. The number of thioether (sulfide) groups is 1. The average Bonchev–Trinajstić information content (AvgIpc) is 2.53. The van der Waals surface area contributed by atoms with Crippen LogP contribution in [0.4, 0.5) is 0 Å². The molecule has 2 aromatic carbocycles. The predicted molar refractivity (Wildman–Crippen MR) is 88.0 cm³/mol. The lowest BCUT2D eigenvalue weighted by Crippen LogP contribution is -1.97. The molecule has 106 valence electrons. The molecule has 2 rings (SSSR count). The van der Waals surface area contributed by atoms with Gasteiger partial charge in [-0.3, -0.25) is 9.59 Å². The largest absolute Gasteiger partial charge is 0.295 e. The lowest BCUT2D eigenvalue weighted by Gasteiger charge is -1.99. The topological polar surface area (TPSA) is 34.1 Å². The Hall–Kier alpha value is -2.13. The smallest absolute Gasteiger partial charge is 0.185 e. The Kier molecular flexibility index (Phi) is 5.12. The van der Waals surface area contributed by atoms with Crippen LogP contribution in [0.25, 0.3) is 6.08 Å². The van der Waals surface area contributed by atoms with E-state index in [9.17, 15) is 9.59 Å². The molecule has 0 aliphatic rings. The second kappa shape index (κ2) is 7.04. The van der Waals surface area contributed by atoms with Crippen LogP contribution in [0.2, 0.25) is 0 Å². The Morgan fingerprint density at radius 1 is 0.905 bits per heavy atom. The fourth-order valence-electron chi connectivity index (χ4n) is 1.85. The van der Waals surface area contributed by atoms with Crippen molar-refractivity contribution in [3.63, 3.8) is 0 Å². The quantitative estimate of drug-likeness (QED) is 0.462. The van der Waals surface area contributed by atoms with Crippen LogP contribution < -0.4 is 0 Å².